The van der Waals surface area contributed by atoms with Gasteiger partial charge in [-0.1, -0.05) is 0 Å². The predicted octanol–water partition coefficient (Wildman–Crippen LogP) is 1.78. The standard InChI is InChI=1S/C10H13.K/c1-10(2,3)9-7-5-4-6-8-9;/h5-8H,1-3H3;. The van der Waals surface area contributed by atoms with Crippen molar-refractivity contribution in [1.29, 1.82) is 0 Å². The maximum absolute atomic E-state index is 2.25. The summed E-state index contributed by atoms with van der Waals surface area (Å²) in [6.45, 7) is 6.75. The summed E-state index contributed by atoms with van der Waals surface area (Å²) in [5, 5.41) is 0. The first-order valence-electron chi connectivity index (χ1n) is 4.07. The summed E-state index contributed by atoms with van der Waals surface area (Å²) in [6, 6.07) is 9.00. The third-order valence-electron chi connectivity index (χ3n) is 1.92. The Kier molecular flexibility index (Phi) is 3.35. The Morgan fingerprint density at radius 1 is 1.00 bits per heavy atom. The van der Waals surface area contributed by atoms with Crippen LogP contribution >= 0.6 is 0 Å². The van der Waals surface area contributed by atoms with E-state index in [4.69, 9.17) is 0 Å². The Bertz CT molecular complexity index is 228. The number of rotatable bonds is 0. The van der Waals surface area contributed by atoms with Crippen molar-refractivity contribution in [2.75, 3.05) is 0 Å². The molecule has 0 N–H and O–H groups in total. The van der Waals surface area contributed by atoms with E-state index in [-0.39, 0.29) is 0 Å². The molecular formula is C10H13K. The Labute approximate surface area is 103 Å². The summed E-state index contributed by atoms with van der Waals surface area (Å²) in [5.74, 6) is 0. The molecular weight excluding hydrogens is 159 g/mol. The molecule has 0 unspecified atom stereocenters. The van der Waals surface area contributed by atoms with Crippen LogP contribution in [-0.4, -0.2) is 49.0 Å². The fourth-order valence-electron chi connectivity index (χ4n) is 1.05. The minimum atomic E-state index is 0.306. The van der Waals surface area contributed by atoms with E-state index < -0.39 is 0 Å². The fourth-order valence-corrected chi connectivity index (χ4v) is 1.57. The second-order valence-electron chi connectivity index (χ2n) is 4.12. The summed E-state index contributed by atoms with van der Waals surface area (Å²) in [7, 11) is 0. The molecule has 54 valence electrons. The zero-order valence-electron chi connectivity index (χ0n) is 7.81. The predicted molar refractivity (Wildman–Crippen MR) is 50.5 cm³/mol. The molecule has 0 aliphatic carbocycles. The van der Waals surface area contributed by atoms with Crippen LogP contribution < -0.4 is -0.342 Å². The molecule has 0 saturated heterocycles. The molecule has 0 atom stereocenters. The molecule has 1 rings (SSSR count). The quantitative estimate of drug-likeness (QED) is 0.523. The molecule has 0 fully saturated rings. The van der Waals surface area contributed by atoms with Crippen LogP contribution in [0.4, 0.5) is 0 Å². The topological polar surface area (TPSA) is 0 Å². The summed E-state index contributed by atoms with van der Waals surface area (Å²) < 4.78 is 1.52. The molecule has 0 aliphatic rings. The first kappa shape index (κ1) is 9.94. The van der Waals surface area contributed by atoms with Crippen molar-refractivity contribution in [3.63, 3.8) is 0 Å². The van der Waals surface area contributed by atoms with Crippen molar-refractivity contribution in [1.82, 2.24) is 0 Å². The second kappa shape index (κ2) is 3.71. The van der Waals surface area contributed by atoms with Crippen LogP contribution in [0.5, 0.6) is 0 Å². The molecule has 1 heteroatoms. The van der Waals surface area contributed by atoms with Crippen molar-refractivity contribution < 1.29 is 0 Å². The van der Waals surface area contributed by atoms with Gasteiger partial charge in [0, 0.05) is 0 Å². The summed E-state index contributed by atoms with van der Waals surface area (Å²) in [6.07, 6.45) is 0. The first-order valence-corrected chi connectivity index (χ1v) is 5.63. The third-order valence-corrected chi connectivity index (χ3v) is 2.96. The van der Waals surface area contributed by atoms with E-state index in [0.29, 0.717) is 5.41 Å². The monoisotopic (exact) mass is 172 g/mol. The van der Waals surface area contributed by atoms with E-state index in [9.17, 15) is 0 Å². The van der Waals surface area contributed by atoms with E-state index in [1.165, 1.54) is 5.22 Å². The Balaban J connectivity index is 2.99. The van der Waals surface area contributed by atoms with Gasteiger partial charge in [0.2, 0.25) is 0 Å². The fraction of sp³-hybridized carbons (Fsp3) is 0.400. The van der Waals surface area contributed by atoms with E-state index in [2.05, 4.69) is 45.0 Å². The van der Waals surface area contributed by atoms with Crippen LogP contribution in [0.2, 0.25) is 0 Å². The first-order chi connectivity index (χ1) is 5.00. The molecule has 0 bridgehead atoms. The van der Waals surface area contributed by atoms with E-state index >= 15 is 0 Å². The van der Waals surface area contributed by atoms with Crippen LogP contribution in [0.15, 0.2) is 24.3 Å². The zero-order valence-corrected chi connectivity index (χ0v) is 10.9. The zero-order chi connectivity index (χ0) is 8.48. The summed E-state index contributed by atoms with van der Waals surface area (Å²) in [5.41, 5.74) is 1.74. The molecule has 0 saturated carbocycles. The second-order valence-corrected chi connectivity index (χ2v) is 5.92. The summed E-state index contributed by atoms with van der Waals surface area (Å²) >= 11 is 0.823. The molecule has 0 spiro atoms. The van der Waals surface area contributed by atoms with Gasteiger partial charge in [-0.05, 0) is 0 Å². The SMILES string of the molecule is CC(C)(C)c1cc[c]([K])cc1. The minimum absolute atomic E-state index is 0.306. The van der Waals surface area contributed by atoms with Crippen molar-refractivity contribution in [3.8, 4) is 0 Å². The van der Waals surface area contributed by atoms with E-state index in [1.807, 2.05) is 0 Å². The molecule has 0 aliphatic heterocycles. The van der Waals surface area contributed by atoms with Crippen molar-refractivity contribution in [2.24, 2.45) is 0 Å². The number of hydrogen-bond donors (Lipinski definition) is 0. The van der Waals surface area contributed by atoms with Gasteiger partial charge in [0.25, 0.3) is 0 Å². The normalized spacial score (nSPS) is 11.7. The van der Waals surface area contributed by atoms with Crippen molar-refractivity contribution >= 4 is 48.6 Å². The Morgan fingerprint density at radius 2 is 1.45 bits per heavy atom. The van der Waals surface area contributed by atoms with Crippen LogP contribution in [0.3, 0.4) is 0 Å². The van der Waals surface area contributed by atoms with Gasteiger partial charge < -0.3 is 0 Å². The molecule has 1 aromatic carbocycles. The molecule has 0 nitrogen and oxygen atoms in total. The molecule has 0 amide bonds. The van der Waals surface area contributed by atoms with Gasteiger partial charge in [0.05, 0.1) is 0 Å². The molecule has 0 heterocycles. The summed E-state index contributed by atoms with van der Waals surface area (Å²) in [4.78, 5) is 0. The van der Waals surface area contributed by atoms with Gasteiger partial charge in [-0.25, -0.2) is 0 Å². The van der Waals surface area contributed by atoms with Crippen LogP contribution in [0.1, 0.15) is 26.3 Å². The van der Waals surface area contributed by atoms with E-state index in [0.717, 1.165) is 49.0 Å². The molecule has 0 aromatic heterocycles. The number of benzene rings is 1. The third kappa shape index (κ3) is 3.00. The van der Waals surface area contributed by atoms with E-state index in [1.54, 1.807) is 0 Å². The number of hydrogen-bond acceptors (Lipinski definition) is 0. The van der Waals surface area contributed by atoms with Crippen LogP contribution in [0, 0.1) is 0 Å². The average molecular weight is 172 g/mol. The molecule has 11 heavy (non-hydrogen) atoms. The Hall–Kier alpha value is 0.856. The van der Waals surface area contributed by atoms with Crippen molar-refractivity contribution in [3.05, 3.63) is 29.8 Å². The van der Waals surface area contributed by atoms with Gasteiger partial charge >= 0.3 is 105 Å². The van der Waals surface area contributed by atoms with Crippen LogP contribution in [-0.2, 0) is 5.41 Å². The van der Waals surface area contributed by atoms with Crippen LogP contribution in [0.25, 0.3) is 0 Å². The maximum atomic E-state index is 2.25. The molecule has 1 aromatic rings. The van der Waals surface area contributed by atoms with Gasteiger partial charge in [0.15, 0.2) is 0 Å². The van der Waals surface area contributed by atoms with Gasteiger partial charge in [-0.3, -0.25) is 0 Å². The van der Waals surface area contributed by atoms with Gasteiger partial charge in [-0.2, -0.15) is 0 Å². The van der Waals surface area contributed by atoms with Gasteiger partial charge in [0.1, 0.15) is 0 Å². The molecule has 0 radical (unpaired) electrons. The average Bonchev–Trinajstić information content (AvgIpc) is 1.86. The van der Waals surface area contributed by atoms with Gasteiger partial charge in [-0.15, -0.1) is 0 Å². The van der Waals surface area contributed by atoms with Crippen molar-refractivity contribution in [2.45, 2.75) is 26.2 Å². The Morgan fingerprint density at radius 3 is 1.82 bits per heavy atom.